The van der Waals surface area contributed by atoms with E-state index in [0.29, 0.717) is 27.7 Å². The fourth-order valence-corrected chi connectivity index (χ4v) is 4.05. The maximum absolute atomic E-state index is 12.5. The van der Waals surface area contributed by atoms with Gasteiger partial charge < -0.3 is 10.2 Å². The number of likely N-dealkylation sites (tertiary alicyclic amines) is 1. The van der Waals surface area contributed by atoms with E-state index in [1.165, 1.54) is 19.3 Å². The third-order valence-corrected chi connectivity index (χ3v) is 4.80. The molecule has 108 valence electrons. The molecule has 0 spiro atoms. The van der Waals surface area contributed by atoms with Crippen LogP contribution in [-0.4, -0.2) is 23.5 Å². The lowest BCUT2D eigenvalue weighted by Crippen LogP contribution is -2.48. The maximum Gasteiger partial charge on any atom is 0.322 e. The Morgan fingerprint density at radius 2 is 1.80 bits per heavy atom. The number of rotatable bonds is 1. The van der Waals surface area contributed by atoms with Gasteiger partial charge in [-0.15, -0.1) is 0 Å². The van der Waals surface area contributed by atoms with Gasteiger partial charge in [0.1, 0.15) is 0 Å². The number of carbonyl (C=O) groups excluding carboxylic acids is 1. The molecule has 2 atom stereocenters. The summed E-state index contributed by atoms with van der Waals surface area (Å²) in [6, 6.07) is 5.49. The van der Waals surface area contributed by atoms with Crippen molar-refractivity contribution in [2.75, 3.05) is 11.9 Å². The van der Waals surface area contributed by atoms with Crippen molar-refractivity contribution in [1.82, 2.24) is 4.90 Å². The molecule has 2 fully saturated rings. The van der Waals surface area contributed by atoms with Crippen molar-refractivity contribution in [3.63, 3.8) is 0 Å². The lowest BCUT2D eigenvalue weighted by atomic mass is 9.92. The first kappa shape index (κ1) is 14.0. The highest BCUT2D eigenvalue weighted by Crippen LogP contribution is 2.37. The summed E-state index contributed by atoms with van der Waals surface area (Å²) in [4.78, 5) is 14.5. The van der Waals surface area contributed by atoms with Crippen LogP contribution in [0, 0.1) is 5.92 Å². The molecule has 1 saturated heterocycles. The van der Waals surface area contributed by atoms with Crippen molar-refractivity contribution in [3.05, 3.63) is 28.2 Å². The van der Waals surface area contributed by atoms with Crippen molar-refractivity contribution in [1.29, 1.82) is 0 Å². The molecule has 1 N–H and O–H groups in total. The van der Waals surface area contributed by atoms with Gasteiger partial charge in [0, 0.05) is 28.3 Å². The fourth-order valence-electron chi connectivity index (χ4n) is 3.53. The Labute approximate surface area is 129 Å². The second-order valence-corrected chi connectivity index (χ2v) is 6.56. The largest absolute Gasteiger partial charge is 0.322 e. The average molecular weight is 313 g/mol. The first-order valence-corrected chi connectivity index (χ1v) is 7.93. The van der Waals surface area contributed by atoms with Gasteiger partial charge in [-0.2, -0.15) is 0 Å². The second-order valence-electron chi connectivity index (χ2n) is 5.68. The number of anilines is 1. The van der Waals surface area contributed by atoms with Crippen molar-refractivity contribution in [2.24, 2.45) is 5.92 Å². The first-order chi connectivity index (χ1) is 9.63. The minimum Gasteiger partial charge on any atom is -0.321 e. The number of carbonyl (C=O) groups is 1. The SMILES string of the molecule is O=C(Nc1cc(Cl)cc(Cl)c1)N1CCCC2CCCC21. The number of fused-ring (bicyclic) bond motifs is 1. The van der Waals surface area contributed by atoms with Crippen LogP contribution in [0.4, 0.5) is 10.5 Å². The van der Waals surface area contributed by atoms with Gasteiger partial charge in [-0.25, -0.2) is 4.79 Å². The fraction of sp³-hybridized carbons (Fsp3) is 0.533. The number of hydrogen-bond donors (Lipinski definition) is 1. The highest BCUT2D eigenvalue weighted by Gasteiger charge is 2.37. The molecule has 1 aromatic rings. The molecule has 3 rings (SSSR count). The van der Waals surface area contributed by atoms with E-state index in [9.17, 15) is 4.79 Å². The van der Waals surface area contributed by atoms with Gasteiger partial charge in [-0.05, 0) is 49.8 Å². The molecule has 2 aliphatic rings. The number of amides is 2. The second kappa shape index (κ2) is 5.82. The van der Waals surface area contributed by atoms with Gasteiger partial charge in [0.05, 0.1) is 0 Å². The van der Waals surface area contributed by atoms with Crippen molar-refractivity contribution < 1.29 is 4.79 Å². The van der Waals surface area contributed by atoms with Crippen LogP contribution in [-0.2, 0) is 0 Å². The summed E-state index contributed by atoms with van der Waals surface area (Å²) >= 11 is 11.9. The number of piperidine rings is 1. The van der Waals surface area contributed by atoms with E-state index in [0.717, 1.165) is 19.4 Å². The normalized spacial score (nSPS) is 25.4. The van der Waals surface area contributed by atoms with Gasteiger partial charge in [0.25, 0.3) is 0 Å². The van der Waals surface area contributed by atoms with E-state index >= 15 is 0 Å². The maximum atomic E-state index is 12.5. The highest BCUT2D eigenvalue weighted by atomic mass is 35.5. The van der Waals surface area contributed by atoms with Crippen molar-refractivity contribution in [3.8, 4) is 0 Å². The van der Waals surface area contributed by atoms with Crippen LogP contribution >= 0.6 is 23.2 Å². The summed E-state index contributed by atoms with van der Waals surface area (Å²) in [5.74, 6) is 0.692. The third kappa shape index (κ3) is 2.89. The lowest BCUT2D eigenvalue weighted by Gasteiger charge is -2.37. The lowest BCUT2D eigenvalue weighted by molar-refractivity contribution is 0.138. The van der Waals surface area contributed by atoms with E-state index in [1.54, 1.807) is 18.2 Å². The molecule has 5 heteroatoms. The zero-order valence-corrected chi connectivity index (χ0v) is 12.8. The molecule has 1 aromatic carbocycles. The molecule has 1 saturated carbocycles. The molecule has 1 aliphatic carbocycles. The van der Waals surface area contributed by atoms with Gasteiger partial charge in [-0.1, -0.05) is 29.6 Å². The Balaban J connectivity index is 1.72. The Hall–Kier alpha value is -0.930. The molecule has 0 bridgehead atoms. The number of urea groups is 1. The van der Waals surface area contributed by atoms with Crippen LogP contribution in [0.25, 0.3) is 0 Å². The number of hydrogen-bond acceptors (Lipinski definition) is 1. The topological polar surface area (TPSA) is 32.3 Å². The van der Waals surface area contributed by atoms with Crippen LogP contribution < -0.4 is 5.32 Å². The molecule has 0 radical (unpaired) electrons. The van der Waals surface area contributed by atoms with Gasteiger partial charge >= 0.3 is 6.03 Å². The van der Waals surface area contributed by atoms with Gasteiger partial charge in [-0.3, -0.25) is 0 Å². The standard InChI is InChI=1S/C15H18Cl2N2O/c16-11-7-12(17)9-13(8-11)18-15(20)19-6-2-4-10-3-1-5-14(10)19/h7-10,14H,1-6H2,(H,18,20). The average Bonchev–Trinajstić information content (AvgIpc) is 2.85. The predicted octanol–water partition coefficient (Wildman–Crippen LogP) is 4.79. The zero-order chi connectivity index (χ0) is 14.1. The Morgan fingerprint density at radius 1 is 1.10 bits per heavy atom. The monoisotopic (exact) mass is 312 g/mol. The van der Waals surface area contributed by atoms with Crippen molar-refractivity contribution in [2.45, 2.75) is 38.1 Å². The van der Waals surface area contributed by atoms with Crippen LogP contribution in [0.2, 0.25) is 10.0 Å². The predicted molar refractivity (Wildman–Crippen MR) is 82.5 cm³/mol. The summed E-state index contributed by atoms with van der Waals surface area (Å²) in [7, 11) is 0. The van der Waals surface area contributed by atoms with E-state index in [2.05, 4.69) is 5.32 Å². The summed E-state index contributed by atoms with van der Waals surface area (Å²) < 4.78 is 0. The molecule has 3 nitrogen and oxygen atoms in total. The summed E-state index contributed by atoms with van der Waals surface area (Å²) in [5.41, 5.74) is 0.660. The Kier molecular flexibility index (Phi) is 4.08. The van der Waals surface area contributed by atoms with Crippen LogP contribution in [0.15, 0.2) is 18.2 Å². The molecule has 0 aromatic heterocycles. The van der Waals surface area contributed by atoms with Crippen LogP contribution in [0.5, 0.6) is 0 Å². The number of nitrogens with one attached hydrogen (secondary N) is 1. The van der Waals surface area contributed by atoms with Gasteiger partial charge in [0.2, 0.25) is 0 Å². The smallest absolute Gasteiger partial charge is 0.321 e. The Morgan fingerprint density at radius 3 is 2.55 bits per heavy atom. The van der Waals surface area contributed by atoms with E-state index in [-0.39, 0.29) is 6.03 Å². The Bertz CT molecular complexity index is 500. The van der Waals surface area contributed by atoms with Crippen molar-refractivity contribution >= 4 is 34.9 Å². The number of benzene rings is 1. The molecule has 1 heterocycles. The summed E-state index contributed by atoms with van der Waals surface area (Å²) in [6.45, 7) is 0.849. The third-order valence-electron chi connectivity index (χ3n) is 4.37. The molecular formula is C15H18Cl2N2O. The molecule has 2 amide bonds. The minimum atomic E-state index is -0.0278. The number of nitrogens with zero attached hydrogens (tertiary/aromatic N) is 1. The quantitative estimate of drug-likeness (QED) is 0.794. The van der Waals surface area contributed by atoms with Crippen LogP contribution in [0.1, 0.15) is 32.1 Å². The van der Waals surface area contributed by atoms with E-state index in [1.807, 2.05) is 4.90 Å². The minimum absolute atomic E-state index is 0.0278. The molecule has 2 unspecified atom stereocenters. The van der Waals surface area contributed by atoms with Crippen LogP contribution in [0.3, 0.4) is 0 Å². The molecular weight excluding hydrogens is 295 g/mol. The highest BCUT2D eigenvalue weighted by molar-refractivity contribution is 6.35. The summed E-state index contributed by atoms with van der Waals surface area (Å²) in [5, 5.41) is 3.99. The zero-order valence-electron chi connectivity index (χ0n) is 11.2. The van der Waals surface area contributed by atoms with E-state index < -0.39 is 0 Å². The first-order valence-electron chi connectivity index (χ1n) is 7.17. The summed E-state index contributed by atoms with van der Waals surface area (Å²) in [6.07, 6.45) is 6.00. The molecule has 20 heavy (non-hydrogen) atoms. The van der Waals surface area contributed by atoms with Gasteiger partial charge in [0.15, 0.2) is 0 Å². The van der Waals surface area contributed by atoms with E-state index in [4.69, 9.17) is 23.2 Å². The molecule has 1 aliphatic heterocycles. The number of halogens is 2.